The fourth-order valence-corrected chi connectivity index (χ4v) is 2.34. The van der Waals surface area contributed by atoms with E-state index in [9.17, 15) is 14.7 Å². The van der Waals surface area contributed by atoms with Gasteiger partial charge in [0.2, 0.25) is 0 Å². The first kappa shape index (κ1) is 16.8. The van der Waals surface area contributed by atoms with Crippen LogP contribution < -0.4 is 5.32 Å². The Labute approximate surface area is 121 Å². The number of urea groups is 1. The number of carbonyl (C=O) groups is 2. The molecule has 1 saturated heterocycles. The predicted molar refractivity (Wildman–Crippen MR) is 78.7 cm³/mol. The van der Waals surface area contributed by atoms with Crippen molar-refractivity contribution in [2.24, 2.45) is 5.41 Å². The van der Waals surface area contributed by atoms with E-state index < -0.39 is 16.9 Å². The van der Waals surface area contributed by atoms with Crippen molar-refractivity contribution in [3.63, 3.8) is 0 Å². The van der Waals surface area contributed by atoms with Gasteiger partial charge in [-0.2, -0.15) is 0 Å². The van der Waals surface area contributed by atoms with Gasteiger partial charge in [-0.05, 0) is 47.5 Å². The van der Waals surface area contributed by atoms with Gasteiger partial charge >= 0.3 is 12.0 Å². The largest absolute Gasteiger partial charge is 0.481 e. The number of nitrogens with zero attached hydrogens (tertiary/aromatic N) is 1. The Morgan fingerprint density at radius 2 is 1.75 bits per heavy atom. The maximum Gasteiger partial charge on any atom is 0.318 e. The van der Waals surface area contributed by atoms with Gasteiger partial charge in [-0.15, -0.1) is 0 Å². The molecule has 0 aliphatic carbocycles. The van der Waals surface area contributed by atoms with E-state index >= 15 is 0 Å². The standard InChI is InChI=1S/C15H28N2O3/c1-11-9-7-6-8-10-17(11)13(20)16-15(4,5)14(2,3)12(18)19/h11H,6-10H2,1-5H3,(H,16,20)(H,18,19). The van der Waals surface area contributed by atoms with Gasteiger partial charge in [-0.1, -0.05) is 12.8 Å². The molecule has 1 heterocycles. The van der Waals surface area contributed by atoms with E-state index in [0.717, 1.165) is 32.2 Å². The molecule has 116 valence electrons. The van der Waals surface area contributed by atoms with Crippen LogP contribution in [0.4, 0.5) is 4.79 Å². The van der Waals surface area contributed by atoms with Crippen molar-refractivity contribution in [3.8, 4) is 0 Å². The fourth-order valence-electron chi connectivity index (χ4n) is 2.34. The van der Waals surface area contributed by atoms with E-state index in [1.165, 1.54) is 0 Å². The lowest BCUT2D eigenvalue weighted by atomic mass is 9.74. The molecule has 1 fully saturated rings. The van der Waals surface area contributed by atoms with Gasteiger partial charge in [0.25, 0.3) is 0 Å². The number of carbonyl (C=O) groups excluding carboxylic acids is 1. The minimum atomic E-state index is -1.03. The molecule has 5 nitrogen and oxygen atoms in total. The smallest absolute Gasteiger partial charge is 0.318 e. The Morgan fingerprint density at radius 1 is 1.15 bits per heavy atom. The number of hydrogen-bond acceptors (Lipinski definition) is 2. The Morgan fingerprint density at radius 3 is 2.30 bits per heavy atom. The normalized spacial score (nSPS) is 21.2. The van der Waals surface area contributed by atoms with Crippen LogP contribution in [-0.4, -0.2) is 40.1 Å². The highest BCUT2D eigenvalue weighted by Crippen LogP contribution is 2.31. The summed E-state index contributed by atoms with van der Waals surface area (Å²) in [7, 11) is 0. The minimum absolute atomic E-state index is 0.154. The van der Waals surface area contributed by atoms with Crippen molar-refractivity contribution in [1.82, 2.24) is 10.2 Å². The lowest BCUT2D eigenvalue weighted by molar-refractivity contribution is -0.150. The van der Waals surface area contributed by atoms with Crippen LogP contribution >= 0.6 is 0 Å². The van der Waals surface area contributed by atoms with Gasteiger partial charge < -0.3 is 15.3 Å². The van der Waals surface area contributed by atoms with Crippen molar-refractivity contribution in [2.75, 3.05) is 6.54 Å². The number of nitrogens with one attached hydrogen (secondary N) is 1. The van der Waals surface area contributed by atoms with Crippen LogP contribution in [0.25, 0.3) is 0 Å². The first-order valence-electron chi connectivity index (χ1n) is 7.42. The molecule has 0 saturated carbocycles. The number of hydrogen-bond donors (Lipinski definition) is 2. The molecule has 1 rings (SSSR count). The van der Waals surface area contributed by atoms with Gasteiger partial charge in [0.15, 0.2) is 0 Å². The Bertz CT molecular complexity index is 377. The third kappa shape index (κ3) is 3.44. The Hall–Kier alpha value is -1.26. The fraction of sp³-hybridized carbons (Fsp3) is 0.867. The van der Waals surface area contributed by atoms with Gasteiger partial charge in [-0.3, -0.25) is 4.79 Å². The monoisotopic (exact) mass is 284 g/mol. The summed E-state index contributed by atoms with van der Waals surface area (Å²) < 4.78 is 0. The molecule has 0 aromatic carbocycles. The summed E-state index contributed by atoms with van der Waals surface area (Å²) in [5.41, 5.74) is -1.85. The van der Waals surface area contributed by atoms with Crippen LogP contribution in [0.1, 0.15) is 60.3 Å². The topological polar surface area (TPSA) is 69.6 Å². The third-order valence-corrected chi connectivity index (χ3v) is 4.83. The van der Waals surface area contributed by atoms with Crippen molar-refractivity contribution in [3.05, 3.63) is 0 Å². The molecule has 1 unspecified atom stereocenters. The van der Waals surface area contributed by atoms with E-state index in [-0.39, 0.29) is 12.1 Å². The number of likely N-dealkylation sites (tertiary alicyclic amines) is 1. The van der Waals surface area contributed by atoms with Gasteiger partial charge in [-0.25, -0.2) is 4.79 Å². The summed E-state index contributed by atoms with van der Waals surface area (Å²) >= 11 is 0. The lowest BCUT2D eigenvalue weighted by Gasteiger charge is -2.41. The highest BCUT2D eigenvalue weighted by Gasteiger charge is 2.45. The van der Waals surface area contributed by atoms with Crippen LogP contribution in [0.5, 0.6) is 0 Å². The molecule has 20 heavy (non-hydrogen) atoms. The zero-order valence-corrected chi connectivity index (χ0v) is 13.3. The summed E-state index contributed by atoms with van der Waals surface area (Å²) in [6, 6.07) is 0.0555. The second-order valence-electron chi connectivity index (χ2n) is 6.88. The first-order valence-corrected chi connectivity index (χ1v) is 7.42. The number of carboxylic acid groups (broad SMARTS) is 1. The van der Waals surface area contributed by atoms with Crippen molar-refractivity contribution in [2.45, 2.75) is 71.9 Å². The molecule has 0 aromatic rings. The molecule has 0 aromatic heterocycles. The van der Waals surface area contributed by atoms with Crippen LogP contribution in [0.3, 0.4) is 0 Å². The zero-order chi connectivity index (χ0) is 15.6. The molecule has 0 spiro atoms. The summed E-state index contributed by atoms with van der Waals surface area (Å²) in [6.07, 6.45) is 4.32. The molecule has 0 radical (unpaired) electrons. The first-order chi connectivity index (χ1) is 9.09. The Balaban J connectivity index is 2.80. The van der Waals surface area contributed by atoms with E-state index in [4.69, 9.17) is 0 Å². The number of carboxylic acids is 1. The molecule has 1 aliphatic heterocycles. The predicted octanol–water partition coefficient (Wildman–Crippen LogP) is 2.85. The van der Waals surface area contributed by atoms with E-state index in [1.807, 2.05) is 4.90 Å². The van der Waals surface area contributed by atoms with E-state index in [1.54, 1.807) is 27.7 Å². The van der Waals surface area contributed by atoms with Gasteiger partial charge in [0.1, 0.15) is 0 Å². The Kier molecular flexibility index (Phi) is 5.05. The van der Waals surface area contributed by atoms with Crippen molar-refractivity contribution >= 4 is 12.0 Å². The second kappa shape index (κ2) is 6.02. The molecule has 5 heteroatoms. The second-order valence-corrected chi connectivity index (χ2v) is 6.88. The SMILES string of the molecule is CC1CCCCCN1C(=O)NC(C)(C)C(C)(C)C(=O)O. The van der Waals surface area contributed by atoms with E-state index in [0.29, 0.717) is 0 Å². The quantitative estimate of drug-likeness (QED) is 0.837. The molecule has 1 aliphatic rings. The lowest BCUT2D eigenvalue weighted by Crippen LogP contribution is -2.60. The summed E-state index contributed by atoms with van der Waals surface area (Å²) in [5, 5.41) is 12.2. The number of rotatable bonds is 3. The highest BCUT2D eigenvalue weighted by atomic mass is 16.4. The average Bonchev–Trinajstić information content (AvgIpc) is 2.52. The maximum absolute atomic E-state index is 12.5. The van der Waals surface area contributed by atoms with Crippen LogP contribution in [0.2, 0.25) is 0 Å². The zero-order valence-electron chi connectivity index (χ0n) is 13.3. The molecular weight excluding hydrogens is 256 g/mol. The van der Waals surface area contributed by atoms with Crippen LogP contribution in [0, 0.1) is 5.41 Å². The number of aliphatic carboxylic acids is 1. The molecule has 1 atom stereocenters. The number of amides is 2. The van der Waals surface area contributed by atoms with Crippen molar-refractivity contribution in [1.29, 1.82) is 0 Å². The molecule has 2 N–H and O–H groups in total. The average molecular weight is 284 g/mol. The highest BCUT2D eigenvalue weighted by molar-refractivity contribution is 5.80. The molecular formula is C15H28N2O3. The van der Waals surface area contributed by atoms with Crippen LogP contribution in [-0.2, 0) is 4.79 Å². The van der Waals surface area contributed by atoms with Gasteiger partial charge in [0, 0.05) is 12.6 Å². The van der Waals surface area contributed by atoms with Crippen LogP contribution in [0.15, 0.2) is 0 Å². The van der Waals surface area contributed by atoms with Gasteiger partial charge in [0.05, 0.1) is 11.0 Å². The molecule has 0 bridgehead atoms. The summed E-state index contributed by atoms with van der Waals surface area (Å²) in [5.74, 6) is -0.910. The maximum atomic E-state index is 12.5. The summed E-state index contributed by atoms with van der Waals surface area (Å²) in [6.45, 7) is 9.61. The molecule has 2 amide bonds. The third-order valence-electron chi connectivity index (χ3n) is 4.83. The minimum Gasteiger partial charge on any atom is -0.481 e. The summed E-state index contributed by atoms with van der Waals surface area (Å²) in [4.78, 5) is 25.7. The van der Waals surface area contributed by atoms with E-state index in [2.05, 4.69) is 12.2 Å². The van der Waals surface area contributed by atoms with Crippen molar-refractivity contribution < 1.29 is 14.7 Å².